The lowest BCUT2D eigenvalue weighted by Gasteiger charge is -2.33. The molecule has 1 amide bonds. The Morgan fingerprint density at radius 3 is 3.09 bits per heavy atom. The molecule has 124 valence electrons. The van der Waals surface area contributed by atoms with Crippen LogP contribution in [0.4, 0.5) is 4.39 Å². The summed E-state index contributed by atoms with van der Waals surface area (Å²) in [6, 6.07) is 6.32. The van der Waals surface area contributed by atoms with E-state index < -0.39 is 0 Å². The predicted octanol–water partition coefficient (Wildman–Crippen LogP) is 1.38. The molecule has 1 N–H and O–H groups in total. The lowest BCUT2D eigenvalue weighted by atomic mass is 10.1. The SMILES string of the molecule is COCCNCC(=O)N1CCOC(c2cccc(F)c2)C1.Cl. The van der Waals surface area contributed by atoms with Crippen LogP contribution in [0.5, 0.6) is 0 Å². The van der Waals surface area contributed by atoms with Crippen molar-refractivity contribution in [3.8, 4) is 0 Å². The number of nitrogens with zero attached hydrogens (tertiary/aromatic N) is 1. The van der Waals surface area contributed by atoms with E-state index in [0.29, 0.717) is 32.8 Å². The van der Waals surface area contributed by atoms with E-state index in [9.17, 15) is 9.18 Å². The summed E-state index contributed by atoms with van der Waals surface area (Å²) in [5.41, 5.74) is 0.764. The first-order chi connectivity index (χ1) is 10.2. The molecule has 2 rings (SSSR count). The second kappa shape index (κ2) is 9.74. The van der Waals surface area contributed by atoms with Crippen LogP contribution in [0.15, 0.2) is 24.3 Å². The molecule has 22 heavy (non-hydrogen) atoms. The van der Waals surface area contributed by atoms with E-state index in [0.717, 1.165) is 5.56 Å². The average Bonchev–Trinajstić information content (AvgIpc) is 2.51. The Hall–Kier alpha value is -1.21. The number of nitrogens with one attached hydrogen (secondary N) is 1. The molecule has 1 aliphatic rings. The van der Waals surface area contributed by atoms with E-state index in [-0.39, 0.29) is 36.8 Å². The van der Waals surface area contributed by atoms with Crippen molar-refractivity contribution in [1.82, 2.24) is 10.2 Å². The normalized spacial score (nSPS) is 17.9. The summed E-state index contributed by atoms with van der Waals surface area (Å²) in [7, 11) is 1.62. The number of amides is 1. The van der Waals surface area contributed by atoms with Crippen LogP contribution >= 0.6 is 12.4 Å². The van der Waals surface area contributed by atoms with Crippen molar-refractivity contribution < 1.29 is 18.7 Å². The highest BCUT2D eigenvalue weighted by Crippen LogP contribution is 2.22. The highest BCUT2D eigenvalue weighted by molar-refractivity contribution is 5.85. The molecule has 1 unspecified atom stereocenters. The molecular formula is C15H22ClFN2O3. The Morgan fingerprint density at radius 2 is 2.36 bits per heavy atom. The second-order valence-electron chi connectivity index (χ2n) is 4.92. The number of carbonyl (C=O) groups is 1. The maximum absolute atomic E-state index is 13.3. The highest BCUT2D eigenvalue weighted by Gasteiger charge is 2.25. The maximum Gasteiger partial charge on any atom is 0.236 e. The lowest BCUT2D eigenvalue weighted by Crippen LogP contribution is -2.46. The van der Waals surface area contributed by atoms with Gasteiger partial charge in [0, 0.05) is 20.2 Å². The molecule has 0 spiro atoms. The fourth-order valence-corrected chi connectivity index (χ4v) is 2.27. The van der Waals surface area contributed by atoms with Crippen LogP contribution in [0, 0.1) is 5.82 Å². The first-order valence-electron chi connectivity index (χ1n) is 7.05. The van der Waals surface area contributed by atoms with Crippen molar-refractivity contribution in [2.75, 3.05) is 46.5 Å². The molecular weight excluding hydrogens is 311 g/mol. The average molecular weight is 333 g/mol. The van der Waals surface area contributed by atoms with Gasteiger partial charge in [-0.1, -0.05) is 12.1 Å². The van der Waals surface area contributed by atoms with Crippen molar-refractivity contribution in [2.45, 2.75) is 6.10 Å². The molecule has 0 aromatic heterocycles. The number of morpholine rings is 1. The summed E-state index contributed by atoms with van der Waals surface area (Å²) in [5, 5.41) is 3.03. The number of benzene rings is 1. The minimum atomic E-state index is -0.291. The van der Waals surface area contributed by atoms with Crippen molar-refractivity contribution in [2.24, 2.45) is 0 Å². The molecule has 0 radical (unpaired) electrons. The summed E-state index contributed by atoms with van der Waals surface area (Å²) in [5.74, 6) is -0.267. The number of hydrogen-bond donors (Lipinski definition) is 1. The first-order valence-corrected chi connectivity index (χ1v) is 7.05. The van der Waals surface area contributed by atoms with Gasteiger partial charge in [-0.15, -0.1) is 12.4 Å². The largest absolute Gasteiger partial charge is 0.383 e. The van der Waals surface area contributed by atoms with Gasteiger partial charge in [0.2, 0.25) is 5.91 Å². The molecule has 7 heteroatoms. The molecule has 1 fully saturated rings. The van der Waals surface area contributed by atoms with Gasteiger partial charge in [-0.3, -0.25) is 4.79 Å². The number of carbonyl (C=O) groups excluding carboxylic acids is 1. The zero-order valence-electron chi connectivity index (χ0n) is 12.6. The summed E-state index contributed by atoms with van der Waals surface area (Å²) in [6.45, 7) is 2.97. The monoisotopic (exact) mass is 332 g/mol. The van der Waals surface area contributed by atoms with E-state index in [1.807, 2.05) is 6.07 Å². The van der Waals surface area contributed by atoms with Gasteiger partial charge in [0.05, 0.1) is 26.3 Å². The quantitative estimate of drug-likeness (QED) is 0.800. The van der Waals surface area contributed by atoms with Gasteiger partial charge in [0.15, 0.2) is 0 Å². The summed E-state index contributed by atoms with van der Waals surface area (Å²) >= 11 is 0. The first kappa shape index (κ1) is 18.8. The molecule has 1 aromatic rings. The predicted molar refractivity (Wildman–Crippen MR) is 83.7 cm³/mol. The van der Waals surface area contributed by atoms with Crippen LogP contribution in [-0.2, 0) is 14.3 Å². The third-order valence-corrected chi connectivity index (χ3v) is 3.40. The molecule has 5 nitrogen and oxygen atoms in total. The van der Waals surface area contributed by atoms with Crippen LogP contribution in [0.1, 0.15) is 11.7 Å². The van der Waals surface area contributed by atoms with Crippen LogP contribution in [0.3, 0.4) is 0 Å². The van der Waals surface area contributed by atoms with E-state index in [2.05, 4.69) is 5.32 Å². The van der Waals surface area contributed by atoms with E-state index in [4.69, 9.17) is 9.47 Å². The Morgan fingerprint density at radius 1 is 1.55 bits per heavy atom. The van der Waals surface area contributed by atoms with Gasteiger partial charge in [-0.25, -0.2) is 4.39 Å². The summed E-state index contributed by atoms with van der Waals surface area (Å²) in [4.78, 5) is 13.8. The van der Waals surface area contributed by atoms with Gasteiger partial charge in [0.1, 0.15) is 11.9 Å². The molecule has 0 saturated carbocycles. The van der Waals surface area contributed by atoms with Gasteiger partial charge < -0.3 is 19.7 Å². The standard InChI is InChI=1S/C15H21FN2O3.ClH/c1-20-7-5-17-10-15(19)18-6-8-21-14(11-18)12-3-2-4-13(16)9-12;/h2-4,9,14,17H,5-8,10-11H2,1H3;1H. The van der Waals surface area contributed by atoms with Crippen LogP contribution in [0.25, 0.3) is 0 Å². The number of hydrogen-bond acceptors (Lipinski definition) is 4. The number of ether oxygens (including phenoxy) is 2. The number of methoxy groups -OCH3 is 1. The van der Waals surface area contributed by atoms with Crippen molar-refractivity contribution in [1.29, 1.82) is 0 Å². The van der Waals surface area contributed by atoms with Gasteiger partial charge in [0.25, 0.3) is 0 Å². The number of rotatable bonds is 6. The Bertz CT molecular complexity index is 476. The minimum absolute atomic E-state index is 0. The zero-order chi connectivity index (χ0) is 15.1. The number of halogens is 2. The fraction of sp³-hybridized carbons (Fsp3) is 0.533. The second-order valence-corrected chi connectivity index (χ2v) is 4.92. The van der Waals surface area contributed by atoms with Gasteiger partial charge >= 0.3 is 0 Å². The molecule has 1 atom stereocenters. The van der Waals surface area contributed by atoms with E-state index >= 15 is 0 Å². The lowest BCUT2D eigenvalue weighted by molar-refractivity contribution is -0.138. The van der Waals surface area contributed by atoms with Gasteiger partial charge in [-0.05, 0) is 17.7 Å². The summed E-state index contributed by atoms with van der Waals surface area (Å²) in [6.07, 6.45) is -0.266. The smallest absolute Gasteiger partial charge is 0.236 e. The third kappa shape index (κ3) is 5.53. The highest BCUT2D eigenvalue weighted by atomic mass is 35.5. The third-order valence-electron chi connectivity index (χ3n) is 3.40. The molecule has 0 bridgehead atoms. The molecule has 1 heterocycles. The van der Waals surface area contributed by atoms with Crippen molar-refractivity contribution in [3.05, 3.63) is 35.6 Å². The zero-order valence-corrected chi connectivity index (χ0v) is 13.4. The Balaban J connectivity index is 0.00000242. The van der Waals surface area contributed by atoms with Gasteiger partial charge in [-0.2, -0.15) is 0 Å². The summed E-state index contributed by atoms with van der Waals surface area (Å²) < 4.78 is 23.8. The van der Waals surface area contributed by atoms with Crippen molar-refractivity contribution in [3.63, 3.8) is 0 Å². The molecule has 1 aromatic carbocycles. The molecule has 0 aliphatic carbocycles. The fourth-order valence-electron chi connectivity index (χ4n) is 2.27. The van der Waals surface area contributed by atoms with Crippen molar-refractivity contribution >= 4 is 18.3 Å². The topological polar surface area (TPSA) is 50.8 Å². The van der Waals surface area contributed by atoms with Crippen LogP contribution in [-0.4, -0.2) is 57.3 Å². The van der Waals surface area contributed by atoms with E-state index in [1.165, 1.54) is 12.1 Å². The molecule has 1 aliphatic heterocycles. The van der Waals surface area contributed by atoms with Crippen LogP contribution < -0.4 is 5.32 Å². The maximum atomic E-state index is 13.3. The minimum Gasteiger partial charge on any atom is -0.383 e. The Kier molecular flexibility index (Phi) is 8.34. The molecule has 1 saturated heterocycles. The Labute approximate surface area is 136 Å². The van der Waals surface area contributed by atoms with Crippen LogP contribution in [0.2, 0.25) is 0 Å². The van der Waals surface area contributed by atoms with E-state index in [1.54, 1.807) is 18.1 Å².